The Hall–Kier alpha value is -3.06. The number of halogens is 1. The van der Waals surface area contributed by atoms with Gasteiger partial charge in [-0.1, -0.05) is 13.8 Å². The van der Waals surface area contributed by atoms with Crippen molar-refractivity contribution in [2.45, 2.75) is 72.4 Å². The minimum atomic E-state index is -0.427. The second kappa shape index (κ2) is 10.8. The van der Waals surface area contributed by atoms with Crippen LogP contribution in [0.3, 0.4) is 0 Å². The first kappa shape index (κ1) is 27.5. The van der Waals surface area contributed by atoms with Crippen LogP contribution in [0.4, 0.5) is 4.39 Å². The Morgan fingerprint density at radius 3 is 2.59 bits per heavy atom. The average molecular weight is 533 g/mol. The van der Waals surface area contributed by atoms with Gasteiger partial charge in [0.05, 0.1) is 23.0 Å². The van der Waals surface area contributed by atoms with Crippen LogP contribution in [0.5, 0.6) is 0 Å². The predicted molar refractivity (Wildman–Crippen MR) is 153 cm³/mol. The lowest BCUT2D eigenvalue weighted by Gasteiger charge is -2.41. The van der Waals surface area contributed by atoms with Crippen molar-refractivity contribution in [3.8, 4) is 5.69 Å². The minimum Gasteiger partial charge on any atom is -0.339 e. The number of hydrogen-bond donors (Lipinski definition) is 0. The molecule has 0 bridgehead atoms. The fourth-order valence-electron chi connectivity index (χ4n) is 6.75. The molecule has 0 radical (unpaired) electrons. The van der Waals surface area contributed by atoms with Gasteiger partial charge in [0, 0.05) is 56.3 Å². The van der Waals surface area contributed by atoms with Crippen LogP contribution < -0.4 is 0 Å². The number of fused-ring (bicyclic) bond motifs is 1. The number of ketones is 1. The second-order valence-corrected chi connectivity index (χ2v) is 12.3. The van der Waals surface area contributed by atoms with Crippen molar-refractivity contribution in [2.24, 2.45) is 17.8 Å². The number of hydrogen-bond acceptors (Lipinski definition) is 4. The summed E-state index contributed by atoms with van der Waals surface area (Å²) in [4.78, 5) is 33.8. The maximum Gasteiger partial charge on any atom is 0.256 e. The van der Waals surface area contributed by atoms with Crippen LogP contribution in [0.1, 0.15) is 68.4 Å². The molecule has 1 saturated heterocycles. The number of nitrogens with zero attached hydrogens (tertiary/aromatic N) is 4. The average Bonchev–Trinajstić information content (AvgIpc) is 3.47. The molecule has 39 heavy (non-hydrogen) atoms. The van der Waals surface area contributed by atoms with Crippen molar-refractivity contribution in [1.29, 1.82) is 0 Å². The zero-order valence-corrected chi connectivity index (χ0v) is 24.1. The van der Waals surface area contributed by atoms with Gasteiger partial charge in [0.2, 0.25) is 0 Å². The highest BCUT2D eigenvalue weighted by Gasteiger charge is 2.40. The second-order valence-electron chi connectivity index (χ2n) is 12.3. The maximum atomic E-state index is 14.4. The first-order valence-corrected chi connectivity index (χ1v) is 14.3. The fourth-order valence-corrected chi connectivity index (χ4v) is 6.75. The Bertz CT molecular complexity index is 1390. The van der Waals surface area contributed by atoms with Crippen molar-refractivity contribution < 1.29 is 14.0 Å². The molecule has 6 nitrogen and oxygen atoms in total. The molecule has 2 aromatic heterocycles. The van der Waals surface area contributed by atoms with Crippen LogP contribution in [-0.4, -0.2) is 63.3 Å². The molecule has 208 valence electrons. The van der Waals surface area contributed by atoms with E-state index in [1.807, 2.05) is 30.8 Å². The lowest BCUT2D eigenvalue weighted by molar-refractivity contribution is -0.129. The molecule has 5 rings (SSSR count). The maximum absolute atomic E-state index is 14.4. The van der Waals surface area contributed by atoms with E-state index in [9.17, 15) is 14.0 Å². The topological polar surface area (TPSA) is 58.4 Å². The highest BCUT2D eigenvalue weighted by atomic mass is 19.1. The van der Waals surface area contributed by atoms with Crippen molar-refractivity contribution >= 4 is 22.6 Å². The largest absolute Gasteiger partial charge is 0.339 e. The Morgan fingerprint density at radius 2 is 1.92 bits per heavy atom. The van der Waals surface area contributed by atoms with Crippen LogP contribution in [0.15, 0.2) is 36.8 Å². The monoisotopic (exact) mass is 532 g/mol. The molecule has 1 aliphatic carbocycles. The van der Waals surface area contributed by atoms with Crippen molar-refractivity contribution in [3.05, 3.63) is 59.3 Å². The first-order chi connectivity index (χ1) is 18.5. The number of aromatic nitrogens is 2. The van der Waals surface area contributed by atoms with Gasteiger partial charge in [0.15, 0.2) is 0 Å². The van der Waals surface area contributed by atoms with Gasteiger partial charge >= 0.3 is 0 Å². The van der Waals surface area contributed by atoms with Gasteiger partial charge in [-0.05, 0) is 87.2 Å². The molecule has 1 amide bonds. The molecule has 1 aromatic carbocycles. The summed E-state index contributed by atoms with van der Waals surface area (Å²) in [6.07, 6.45) is 9.38. The summed E-state index contributed by atoms with van der Waals surface area (Å²) in [5.74, 6) is 1.29. The Labute approximate surface area is 231 Å². The number of carbonyl (C=O) groups excluding carboxylic acids is 2. The van der Waals surface area contributed by atoms with Gasteiger partial charge in [-0.25, -0.2) is 4.39 Å². The molecule has 2 fully saturated rings. The zero-order chi connectivity index (χ0) is 28.0. The van der Waals surface area contributed by atoms with Gasteiger partial charge in [-0.3, -0.25) is 19.5 Å². The van der Waals surface area contributed by atoms with Crippen molar-refractivity contribution in [3.63, 3.8) is 0 Å². The normalized spacial score (nSPS) is 19.3. The standard InChI is InChI=1S/C32H41FN4O2/c1-19(2)31(23-12-26(38)13-23)36-10-9-22(17-36)11-24-18-37(29-16-34-15-21(5)30(24)29)28-8-7-25(33)14-27(28)32(39)35(6)20(3)4/h7-8,14-16,18-20,22-23,31H,9-13,17H2,1-6H3/t22-,31?/m1/s1. The molecule has 2 aliphatic rings. The third-order valence-electron chi connectivity index (χ3n) is 8.92. The van der Waals surface area contributed by atoms with E-state index in [-0.39, 0.29) is 11.9 Å². The Morgan fingerprint density at radius 1 is 1.18 bits per heavy atom. The lowest BCUT2D eigenvalue weighted by atomic mass is 9.74. The molecule has 1 aliphatic heterocycles. The summed E-state index contributed by atoms with van der Waals surface area (Å²) >= 11 is 0. The molecular formula is C32H41FN4O2. The van der Waals surface area contributed by atoms with Gasteiger partial charge < -0.3 is 9.47 Å². The van der Waals surface area contributed by atoms with E-state index >= 15 is 0 Å². The first-order valence-electron chi connectivity index (χ1n) is 14.3. The van der Waals surface area contributed by atoms with E-state index in [4.69, 9.17) is 0 Å². The number of aryl methyl sites for hydroxylation is 1. The van der Waals surface area contributed by atoms with Crippen LogP contribution in [-0.2, 0) is 11.2 Å². The Balaban J connectivity index is 1.48. The van der Waals surface area contributed by atoms with E-state index in [1.54, 1.807) is 18.0 Å². The number of pyridine rings is 1. The van der Waals surface area contributed by atoms with Crippen LogP contribution in [0.2, 0.25) is 0 Å². The molecule has 1 unspecified atom stereocenters. The number of benzene rings is 1. The van der Waals surface area contributed by atoms with Gasteiger partial charge in [-0.15, -0.1) is 0 Å². The fraction of sp³-hybridized carbons (Fsp3) is 0.531. The van der Waals surface area contributed by atoms with E-state index in [1.165, 1.54) is 17.7 Å². The molecule has 3 aromatic rings. The number of carbonyl (C=O) groups is 2. The summed E-state index contributed by atoms with van der Waals surface area (Å²) in [5.41, 5.74) is 4.27. The quantitative estimate of drug-likeness (QED) is 0.367. The highest BCUT2D eigenvalue weighted by molar-refractivity contribution is 5.99. The third kappa shape index (κ3) is 5.25. The summed E-state index contributed by atoms with van der Waals surface area (Å²) in [6, 6.07) is 4.92. The van der Waals surface area contributed by atoms with Crippen LogP contribution in [0.25, 0.3) is 16.6 Å². The van der Waals surface area contributed by atoms with E-state index < -0.39 is 5.82 Å². The van der Waals surface area contributed by atoms with Crippen LogP contribution >= 0.6 is 0 Å². The lowest BCUT2D eigenvalue weighted by Crippen LogP contribution is -2.48. The third-order valence-corrected chi connectivity index (χ3v) is 8.92. The molecule has 0 spiro atoms. The van der Waals surface area contributed by atoms with Gasteiger partial charge in [0.1, 0.15) is 11.6 Å². The molecule has 7 heteroatoms. The number of Topliss-reactive ketones (excluding diaryl/α,β-unsaturated/α-hetero) is 1. The molecular weight excluding hydrogens is 491 g/mol. The van der Waals surface area contributed by atoms with E-state index in [0.717, 1.165) is 55.2 Å². The molecule has 2 atom stereocenters. The highest BCUT2D eigenvalue weighted by Crippen LogP contribution is 2.38. The molecule has 1 saturated carbocycles. The van der Waals surface area contributed by atoms with Crippen molar-refractivity contribution in [1.82, 2.24) is 19.4 Å². The zero-order valence-electron chi connectivity index (χ0n) is 24.1. The summed E-state index contributed by atoms with van der Waals surface area (Å²) in [6.45, 7) is 12.6. The predicted octanol–water partition coefficient (Wildman–Crippen LogP) is 5.82. The number of rotatable bonds is 8. The molecule has 0 N–H and O–H groups in total. The summed E-state index contributed by atoms with van der Waals surface area (Å²) in [5, 5.41) is 1.16. The summed E-state index contributed by atoms with van der Waals surface area (Å²) in [7, 11) is 1.75. The SMILES string of the molecule is Cc1cncc2c1c(C[C@H]1CCN(C(C(C)C)C3CC(=O)C3)C1)cn2-c1ccc(F)cc1C(=O)N(C)C(C)C. The van der Waals surface area contributed by atoms with E-state index in [2.05, 4.69) is 36.9 Å². The summed E-state index contributed by atoms with van der Waals surface area (Å²) < 4.78 is 16.4. The van der Waals surface area contributed by atoms with Gasteiger partial charge in [-0.2, -0.15) is 0 Å². The minimum absolute atomic E-state index is 0.00692. The molecule has 3 heterocycles. The van der Waals surface area contributed by atoms with Crippen LogP contribution in [0, 0.1) is 30.5 Å². The Kier molecular flexibility index (Phi) is 7.64. The number of likely N-dealkylation sites (tertiary alicyclic amines) is 1. The van der Waals surface area contributed by atoms with Gasteiger partial charge in [0.25, 0.3) is 5.91 Å². The van der Waals surface area contributed by atoms with E-state index in [0.29, 0.717) is 40.8 Å². The number of amides is 1. The smallest absolute Gasteiger partial charge is 0.256 e. The van der Waals surface area contributed by atoms with Crippen molar-refractivity contribution in [2.75, 3.05) is 20.1 Å².